The van der Waals surface area contributed by atoms with Gasteiger partial charge in [-0.2, -0.15) is 0 Å². The van der Waals surface area contributed by atoms with Gasteiger partial charge in [0.1, 0.15) is 4.21 Å². The van der Waals surface area contributed by atoms with Crippen molar-refractivity contribution < 1.29 is 32.2 Å². The smallest absolute Gasteiger partial charge is 0.340 e. The van der Waals surface area contributed by atoms with Crippen LogP contribution in [0.3, 0.4) is 0 Å². The number of carbonyl (C=O) groups excluding carboxylic acids is 2. The normalized spacial score (nSPS) is 10.8. The molecule has 0 spiro atoms. The van der Waals surface area contributed by atoms with Gasteiger partial charge in [-0.05, 0) is 41.3 Å². The Morgan fingerprint density at radius 3 is 2.42 bits per heavy atom. The van der Waals surface area contributed by atoms with E-state index in [9.17, 15) is 18.0 Å². The summed E-state index contributed by atoms with van der Waals surface area (Å²) in [4.78, 5) is 24.7. The third-order valence-electron chi connectivity index (χ3n) is 4.42. The van der Waals surface area contributed by atoms with Gasteiger partial charge < -0.3 is 19.5 Å². The van der Waals surface area contributed by atoms with Gasteiger partial charge in [-0.25, -0.2) is 13.2 Å². The Balaban J connectivity index is 1.58. The molecule has 2 aromatic carbocycles. The van der Waals surface area contributed by atoms with E-state index in [2.05, 4.69) is 10.0 Å². The van der Waals surface area contributed by atoms with Gasteiger partial charge in [0.15, 0.2) is 18.1 Å². The van der Waals surface area contributed by atoms with E-state index in [0.717, 1.165) is 16.9 Å². The number of esters is 1. The Hall–Kier alpha value is -3.57. The van der Waals surface area contributed by atoms with Gasteiger partial charge in [-0.1, -0.05) is 24.3 Å². The van der Waals surface area contributed by atoms with Gasteiger partial charge in [0, 0.05) is 6.54 Å². The zero-order valence-corrected chi connectivity index (χ0v) is 19.5. The van der Waals surface area contributed by atoms with E-state index < -0.39 is 28.5 Å². The molecule has 0 aliphatic rings. The summed E-state index contributed by atoms with van der Waals surface area (Å²) in [7, 11) is -0.806. The number of benzene rings is 2. The summed E-state index contributed by atoms with van der Waals surface area (Å²) in [5.41, 5.74) is 0.813. The van der Waals surface area contributed by atoms with Crippen LogP contribution in [0.2, 0.25) is 0 Å². The molecule has 0 aliphatic carbocycles. The first-order chi connectivity index (χ1) is 15.8. The lowest BCUT2D eigenvalue weighted by Gasteiger charge is -2.12. The number of rotatable bonds is 10. The maximum absolute atomic E-state index is 12.5. The minimum atomic E-state index is -3.85. The third kappa shape index (κ3) is 6.24. The summed E-state index contributed by atoms with van der Waals surface area (Å²) in [6.45, 7) is -0.341. The molecule has 0 aliphatic heterocycles. The van der Waals surface area contributed by atoms with Crippen LogP contribution in [-0.4, -0.2) is 41.1 Å². The summed E-state index contributed by atoms with van der Waals surface area (Å²) in [5, 5.41) is 4.28. The van der Waals surface area contributed by atoms with E-state index in [1.807, 2.05) is 0 Å². The fraction of sp³-hybridized carbons (Fsp3) is 0.182. The quantitative estimate of drug-likeness (QED) is 0.419. The molecular formula is C22H22N2O7S2. The van der Waals surface area contributed by atoms with E-state index >= 15 is 0 Å². The van der Waals surface area contributed by atoms with Gasteiger partial charge in [0.2, 0.25) is 0 Å². The van der Waals surface area contributed by atoms with Gasteiger partial charge in [-0.15, -0.1) is 11.3 Å². The molecule has 9 nitrogen and oxygen atoms in total. The molecule has 1 amide bonds. The molecule has 0 unspecified atom stereocenters. The van der Waals surface area contributed by atoms with E-state index in [4.69, 9.17) is 14.2 Å². The Bertz CT molecular complexity index is 1230. The molecule has 33 heavy (non-hydrogen) atoms. The highest BCUT2D eigenvalue weighted by atomic mass is 32.2. The predicted molar refractivity (Wildman–Crippen MR) is 123 cm³/mol. The monoisotopic (exact) mass is 490 g/mol. The van der Waals surface area contributed by atoms with Crippen molar-refractivity contribution in [3.63, 3.8) is 0 Å². The Kier molecular flexibility index (Phi) is 7.91. The molecule has 3 aromatic rings. The Morgan fingerprint density at radius 2 is 1.73 bits per heavy atom. The average molecular weight is 491 g/mol. The van der Waals surface area contributed by atoms with Crippen LogP contribution < -0.4 is 19.5 Å². The van der Waals surface area contributed by atoms with Crippen LogP contribution in [0.5, 0.6) is 11.5 Å². The van der Waals surface area contributed by atoms with Crippen molar-refractivity contribution in [1.82, 2.24) is 5.32 Å². The molecular weight excluding hydrogens is 468 g/mol. The molecule has 0 saturated heterocycles. The van der Waals surface area contributed by atoms with Crippen LogP contribution in [0.1, 0.15) is 15.9 Å². The standard InChI is InChI=1S/C22H22N2O7S2/c1-29-18-10-9-15(12-19(18)30-2)13-23-20(25)14-31-22(26)16-6-3-4-7-17(16)24-33(27,28)21-8-5-11-32-21/h3-12,24H,13-14H2,1-2H3,(H,23,25). The van der Waals surface area contributed by atoms with Crippen LogP contribution in [0.25, 0.3) is 0 Å². The van der Waals surface area contributed by atoms with E-state index in [0.29, 0.717) is 11.5 Å². The predicted octanol–water partition coefficient (Wildman–Crippen LogP) is 3.04. The van der Waals surface area contributed by atoms with Crippen LogP contribution in [0.4, 0.5) is 5.69 Å². The number of hydrogen-bond donors (Lipinski definition) is 2. The molecule has 1 aromatic heterocycles. The highest BCUT2D eigenvalue weighted by Crippen LogP contribution is 2.27. The number of amides is 1. The van der Waals surface area contributed by atoms with Crippen molar-refractivity contribution in [3.8, 4) is 11.5 Å². The van der Waals surface area contributed by atoms with Crippen LogP contribution in [-0.2, 0) is 26.1 Å². The number of thiophene rings is 1. The van der Waals surface area contributed by atoms with Crippen LogP contribution in [0, 0.1) is 0 Å². The van der Waals surface area contributed by atoms with Gasteiger partial charge >= 0.3 is 5.97 Å². The number of para-hydroxylation sites is 1. The molecule has 1 heterocycles. The highest BCUT2D eigenvalue weighted by molar-refractivity contribution is 7.94. The maximum atomic E-state index is 12.5. The molecule has 0 radical (unpaired) electrons. The number of carbonyl (C=O) groups is 2. The highest BCUT2D eigenvalue weighted by Gasteiger charge is 2.20. The van der Waals surface area contributed by atoms with E-state index in [1.54, 1.807) is 41.8 Å². The number of anilines is 1. The second kappa shape index (κ2) is 10.8. The fourth-order valence-corrected chi connectivity index (χ4v) is 4.89. The molecule has 0 saturated carbocycles. The first-order valence-electron chi connectivity index (χ1n) is 9.64. The fourth-order valence-electron chi connectivity index (χ4n) is 2.81. The number of methoxy groups -OCH3 is 2. The lowest BCUT2D eigenvalue weighted by molar-refractivity contribution is -0.124. The molecule has 2 N–H and O–H groups in total. The Morgan fingerprint density at radius 1 is 0.970 bits per heavy atom. The van der Waals surface area contributed by atoms with Crippen molar-refractivity contribution in [2.24, 2.45) is 0 Å². The van der Waals surface area contributed by atoms with Crippen molar-refractivity contribution in [3.05, 3.63) is 71.1 Å². The van der Waals surface area contributed by atoms with E-state index in [-0.39, 0.29) is 22.0 Å². The third-order valence-corrected chi connectivity index (χ3v) is 7.19. The van der Waals surface area contributed by atoms with Gasteiger partial charge in [-0.3, -0.25) is 9.52 Å². The lowest BCUT2D eigenvalue weighted by Crippen LogP contribution is -2.28. The average Bonchev–Trinajstić information content (AvgIpc) is 3.37. The topological polar surface area (TPSA) is 120 Å². The molecule has 0 atom stereocenters. The molecule has 174 valence electrons. The molecule has 11 heteroatoms. The van der Waals surface area contributed by atoms with Crippen molar-refractivity contribution in [2.75, 3.05) is 25.5 Å². The second-order valence-corrected chi connectivity index (χ2v) is 9.48. The van der Waals surface area contributed by atoms with Crippen molar-refractivity contribution >= 4 is 38.9 Å². The van der Waals surface area contributed by atoms with Crippen molar-refractivity contribution in [1.29, 1.82) is 0 Å². The summed E-state index contributed by atoms with van der Waals surface area (Å²) < 4.78 is 42.9. The minimum Gasteiger partial charge on any atom is -0.493 e. The number of ether oxygens (including phenoxy) is 3. The Labute approximate surface area is 195 Å². The SMILES string of the molecule is COc1ccc(CNC(=O)COC(=O)c2ccccc2NS(=O)(=O)c2cccs2)cc1OC. The second-order valence-electron chi connectivity index (χ2n) is 6.63. The first-order valence-corrected chi connectivity index (χ1v) is 12.0. The zero-order chi connectivity index (χ0) is 23.8. The summed E-state index contributed by atoms with van der Waals surface area (Å²) in [6, 6.07) is 14.3. The molecule has 0 fully saturated rings. The van der Waals surface area contributed by atoms with Gasteiger partial charge in [0.25, 0.3) is 15.9 Å². The number of nitrogens with one attached hydrogen (secondary N) is 2. The number of hydrogen-bond acceptors (Lipinski definition) is 8. The molecule has 0 bridgehead atoms. The van der Waals surface area contributed by atoms with Crippen LogP contribution >= 0.6 is 11.3 Å². The molecule has 3 rings (SSSR count). The summed E-state index contributed by atoms with van der Waals surface area (Å²) in [5.74, 6) is -0.261. The largest absolute Gasteiger partial charge is 0.493 e. The summed E-state index contributed by atoms with van der Waals surface area (Å²) in [6.07, 6.45) is 0. The number of sulfonamides is 1. The summed E-state index contributed by atoms with van der Waals surface area (Å²) >= 11 is 1.05. The minimum absolute atomic E-state index is 0.00896. The maximum Gasteiger partial charge on any atom is 0.340 e. The lowest BCUT2D eigenvalue weighted by atomic mass is 10.2. The van der Waals surface area contributed by atoms with Crippen LogP contribution in [0.15, 0.2) is 64.2 Å². The van der Waals surface area contributed by atoms with Crippen molar-refractivity contribution in [2.45, 2.75) is 10.8 Å². The zero-order valence-electron chi connectivity index (χ0n) is 17.9. The first kappa shape index (κ1) is 24.1. The van der Waals surface area contributed by atoms with E-state index in [1.165, 1.54) is 32.4 Å². The van der Waals surface area contributed by atoms with Gasteiger partial charge in [0.05, 0.1) is 25.5 Å².